The summed E-state index contributed by atoms with van der Waals surface area (Å²) in [5.74, 6) is 0.642. The largest absolute Gasteiger partial charge is 0.493 e. The van der Waals surface area contributed by atoms with Crippen molar-refractivity contribution in [3.63, 3.8) is 0 Å². The van der Waals surface area contributed by atoms with E-state index in [1.807, 2.05) is 28.9 Å². The van der Waals surface area contributed by atoms with Gasteiger partial charge in [0.05, 0.1) is 13.3 Å². The van der Waals surface area contributed by atoms with E-state index in [9.17, 15) is 5.11 Å². The average molecular weight is 339 g/mol. The van der Waals surface area contributed by atoms with E-state index in [1.54, 1.807) is 13.3 Å². The Labute approximate surface area is 127 Å². The van der Waals surface area contributed by atoms with Crippen molar-refractivity contribution >= 4 is 15.9 Å². The predicted octanol–water partition coefficient (Wildman–Crippen LogP) is 3.34. The van der Waals surface area contributed by atoms with E-state index >= 15 is 0 Å². The van der Waals surface area contributed by atoms with Crippen molar-refractivity contribution in [2.45, 2.75) is 32.4 Å². The zero-order chi connectivity index (χ0) is 14.5. The smallest absolute Gasteiger partial charge is 0.162 e. The number of halogens is 1. The van der Waals surface area contributed by atoms with Crippen LogP contribution in [0.5, 0.6) is 5.75 Å². The van der Waals surface area contributed by atoms with Crippen molar-refractivity contribution in [2.24, 2.45) is 0 Å². The molecule has 5 heteroatoms. The Kier molecular flexibility index (Phi) is 5.20. The number of aryl methyl sites for hydroxylation is 1. The standard InChI is InChI=1S/C15H19BrN2O2/c1-3-8-18-15(14(20-2)10-17-18)13(19)9-11-4-6-12(16)7-5-11/h4-7,10,13,19H,3,8-9H2,1-2H3. The monoisotopic (exact) mass is 338 g/mol. The molecule has 2 rings (SSSR count). The third-order valence-electron chi connectivity index (χ3n) is 3.16. The van der Waals surface area contributed by atoms with E-state index in [1.165, 1.54) is 0 Å². The number of nitrogens with zero attached hydrogens (tertiary/aromatic N) is 2. The molecule has 0 saturated heterocycles. The van der Waals surface area contributed by atoms with Gasteiger partial charge in [0.2, 0.25) is 0 Å². The summed E-state index contributed by atoms with van der Waals surface area (Å²) in [4.78, 5) is 0. The third kappa shape index (κ3) is 3.41. The summed E-state index contributed by atoms with van der Waals surface area (Å²) in [5.41, 5.74) is 1.82. The maximum absolute atomic E-state index is 10.5. The van der Waals surface area contributed by atoms with E-state index in [0.717, 1.165) is 28.7 Å². The van der Waals surface area contributed by atoms with E-state index < -0.39 is 6.10 Å². The molecular formula is C15H19BrN2O2. The summed E-state index contributed by atoms with van der Waals surface area (Å²) in [6.45, 7) is 2.86. The zero-order valence-electron chi connectivity index (χ0n) is 11.7. The SMILES string of the molecule is CCCn1ncc(OC)c1C(O)Cc1ccc(Br)cc1. The number of hydrogen-bond donors (Lipinski definition) is 1. The minimum absolute atomic E-state index is 0.541. The van der Waals surface area contributed by atoms with Gasteiger partial charge < -0.3 is 9.84 Å². The molecule has 0 amide bonds. The quantitative estimate of drug-likeness (QED) is 0.878. The van der Waals surface area contributed by atoms with Crippen LogP contribution in [0.15, 0.2) is 34.9 Å². The third-order valence-corrected chi connectivity index (χ3v) is 3.69. The topological polar surface area (TPSA) is 47.3 Å². The Morgan fingerprint density at radius 3 is 2.65 bits per heavy atom. The van der Waals surface area contributed by atoms with E-state index in [2.05, 4.69) is 28.0 Å². The highest BCUT2D eigenvalue weighted by Gasteiger charge is 2.20. The van der Waals surface area contributed by atoms with Crippen molar-refractivity contribution in [3.05, 3.63) is 46.2 Å². The summed E-state index contributed by atoms with van der Waals surface area (Å²) >= 11 is 3.41. The fourth-order valence-electron chi connectivity index (χ4n) is 2.20. The Hall–Kier alpha value is -1.33. The average Bonchev–Trinajstić information content (AvgIpc) is 2.85. The maximum atomic E-state index is 10.5. The van der Waals surface area contributed by atoms with Crippen LogP contribution in [0.1, 0.15) is 30.7 Å². The van der Waals surface area contributed by atoms with Crippen molar-refractivity contribution < 1.29 is 9.84 Å². The van der Waals surface area contributed by atoms with Crippen LogP contribution in [-0.4, -0.2) is 22.0 Å². The first-order chi connectivity index (χ1) is 9.65. The molecule has 4 nitrogen and oxygen atoms in total. The van der Waals surface area contributed by atoms with Crippen molar-refractivity contribution in [1.29, 1.82) is 0 Å². The highest BCUT2D eigenvalue weighted by Crippen LogP contribution is 2.28. The van der Waals surface area contributed by atoms with Crippen LogP contribution in [0.25, 0.3) is 0 Å². The van der Waals surface area contributed by atoms with Crippen molar-refractivity contribution in [3.8, 4) is 5.75 Å². The highest BCUT2D eigenvalue weighted by molar-refractivity contribution is 9.10. The molecule has 0 spiro atoms. The van der Waals surface area contributed by atoms with Crippen LogP contribution in [0.4, 0.5) is 0 Å². The molecule has 0 aliphatic rings. The van der Waals surface area contributed by atoms with E-state index in [4.69, 9.17) is 4.74 Å². The highest BCUT2D eigenvalue weighted by atomic mass is 79.9. The van der Waals surface area contributed by atoms with Crippen LogP contribution in [0.2, 0.25) is 0 Å². The van der Waals surface area contributed by atoms with E-state index in [-0.39, 0.29) is 0 Å². The molecule has 1 atom stereocenters. The molecule has 0 bridgehead atoms. The molecule has 1 unspecified atom stereocenters. The Balaban J connectivity index is 2.21. The second-order valence-corrected chi connectivity index (χ2v) is 5.58. The van der Waals surface area contributed by atoms with Crippen LogP contribution in [0, 0.1) is 0 Å². The summed E-state index contributed by atoms with van der Waals surface area (Å²) in [6, 6.07) is 7.95. The second-order valence-electron chi connectivity index (χ2n) is 4.67. The van der Waals surface area contributed by atoms with E-state index in [0.29, 0.717) is 12.2 Å². The number of aliphatic hydroxyl groups excluding tert-OH is 1. The fraction of sp³-hybridized carbons (Fsp3) is 0.400. The number of ether oxygens (including phenoxy) is 1. The minimum atomic E-state index is -0.625. The number of rotatable bonds is 6. The van der Waals surface area contributed by atoms with Gasteiger partial charge in [-0.15, -0.1) is 0 Å². The van der Waals surface area contributed by atoms with Gasteiger partial charge in [0.1, 0.15) is 11.8 Å². The molecule has 0 fully saturated rings. The van der Waals surface area contributed by atoms with Crippen LogP contribution in [-0.2, 0) is 13.0 Å². The first-order valence-electron chi connectivity index (χ1n) is 6.68. The zero-order valence-corrected chi connectivity index (χ0v) is 13.3. The lowest BCUT2D eigenvalue weighted by Crippen LogP contribution is -2.12. The van der Waals surface area contributed by atoms with Gasteiger partial charge in [-0.25, -0.2) is 0 Å². The van der Waals surface area contributed by atoms with Gasteiger partial charge in [-0.1, -0.05) is 35.0 Å². The number of aromatic nitrogens is 2. The van der Waals surface area contributed by atoms with Crippen LogP contribution in [0.3, 0.4) is 0 Å². The van der Waals surface area contributed by atoms with Crippen LogP contribution >= 0.6 is 15.9 Å². The van der Waals surface area contributed by atoms with Gasteiger partial charge in [-0.3, -0.25) is 4.68 Å². The molecular weight excluding hydrogens is 320 g/mol. The van der Waals surface area contributed by atoms with Gasteiger partial charge >= 0.3 is 0 Å². The molecule has 1 aromatic heterocycles. The molecule has 2 aromatic rings. The van der Waals surface area contributed by atoms with Crippen LogP contribution < -0.4 is 4.74 Å². The molecule has 0 aliphatic carbocycles. The number of benzene rings is 1. The Bertz CT molecular complexity index is 552. The molecule has 108 valence electrons. The van der Waals surface area contributed by atoms with Gasteiger partial charge in [0.15, 0.2) is 5.75 Å². The van der Waals surface area contributed by atoms with Crippen molar-refractivity contribution in [1.82, 2.24) is 9.78 Å². The number of methoxy groups -OCH3 is 1. The lowest BCUT2D eigenvalue weighted by Gasteiger charge is -2.15. The summed E-state index contributed by atoms with van der Waals surface area (Å²) in [7, 11) is 1.60. The number of aliphatic hydroxyl groups is 1. The fourth-order valence-corrected chi connectivity index (χ4v) is 2.47. The molecule has 1 aromatic carbocycles. The molecule has 1 N–H and O–H groups in total. The van der Waals surface area contributed by atoms with Crippen molar-refractivity contribution in [2.75, 3.05) is 7.11 Å². The van der Waals surface area contributed by atoms with Gasteiger partial charge in [-0.05, 0) is 24.1 Å². The molecule has 0 saturated carbocycles. The van der Waals surface area contributed by atoms with Gasteiger partial charge in [0, 0.05) is 17.4 Å². The minimum Gasteiger partial charge on any atom is -0.493 e. The molecule has 20 heavy (non-hydrogen) atoms. The van der Waals surface area contributed by atoms with Gasteiger partial charge in [-0.2, -0.15) is 5.10 Å². The maximum Gasteiger partial charge on any atom is 0.162 e. The Morgan fingerprint density at radius 2 is 2.05 bits per heavy atom. The summed E-state index contributed by atoms with van der Waals surface area (Å²) in [5, 5.41) is 14.8. The first kappa shape index (κ1) is 15.1. The summed E-state index contributed by atoms with van der Waals surface area (Å²) in [6.07, 6.45) is 2.54. The first-order valence-corrected chi connectivity index (χ1v) is 7.47. The van der Waals surface area contributed by atoms with Gasteiger partial charge in [0.25, 0.3) is 0 Å². The molecule has 0 aliphatic heterocycles. The molecule has 1 heterocycles. The summed E-state index contributed by atoms with van der Waals surface area (Å²) < 4.78 is 8.15. The Morgan fingerprint density at radius 1 is 1.35 bits per heavy atom. The second kappa shape index (κ2) is 6.90. The lowest BCUT2D eigenvalue weighted by atomic mass is 10.1. The number of hydrogen-bond acceptors (Lipinski definition) is 3. The predicted molar refractivity (Wildman–Crippen MR) is 81.9 cm³/mol. The normalized spacial score (nSPS) is 12.4. The molecule has 0 radical (unpaired) electrons. The lowest BCUT2D eigenvalue weighted by molar-refractivity contribution is 0.162.